The third-order valence-corrected chi connectivity index (χ3v) is 5.17. The average molecular weight is 379 g/mol. The molecular weight excluding hydrogens is 355 g/mol. The summed E-state index contributed by atoms with van der Waals surface area (Å²) in [4.78, 5) is 0. The summed E-state index contributed by atoms with van der Waals surface area (Å²) >= 11 is 0. The van der Waals surface area contributed by atoms with Crippen LogP contribution in [-0.4, -0.2) is 0 Å². The monoisotopic (exact) mass is 377 g/mol. The molecule has 0 aliphatic heterocycles. The van der Waals surface area contributed by atoms with Crippen LogP contribution in [0.3, 0.4) is 0 Å². The molecule has 0 spiro atoms. The van der Waals surface area contributed by atoms with Crippen LogP contribution in [0.15, 0.2) is 48.0 Å². The van der Waals surface area contributed by atoms with Gasteiger partial charge in [0, 0.05) is 32.6 Å². The van der Waals surface area contributed by atoms with Gasteiger partial charge in [-0.1, -0.05) is 85.4 Å². The Hall–Kier alpha value is -0.937. The van der Waals surface area contributed by atoms with Gasteiger partial charge < -0.3 is 0 Å². The summed E-state index contributed by atoms with van der Waals surface area (Å²) in [5.41, 5.74) is 8.36. The van der Waals surface area contributed by atoms with E-state index in [-0.39, 0.29) is 26.2 Å². The minimum atomic E-state index is 0. The molecular formula is C22H23Zr. The molecule has 0 amide bonds. The SMILES string of the molecule is Cc1ccc(-c2cccc3c2C=C(CC2CCCC2)[CH]3)cc1.[Zr]. The van der Waals surface area contributed by atoms with Gasteiger partial charge in [-0.25, -0.2) is 0 Å². The predicted octanol–water partition coefficient (Wildman–Crippen LogP) is 6.19. The molecule has 1 saturated carbocycles. The van der Waals surface area contributed by atoms with E-state index < -0.39 is 0 Å². The fourth-order valence-electron chi connectivity index (χ4n) is 3.95. The Labute approximate surface area is 159 Å². The van der Waals surface area contributed by atoms with Crippen LogP contribution in [0.2, 0.25) is 0 Å². The van der Waals surface area contributed by atoms with E-state index in [2.05, 4.69) is 61.9 Å². The standard InChI is InChI=1S/C22H23.Zr/c1-16-9-11-19(12-10-16)21-8-4-7-20-14-18(15-22(20)21)13-17-5-2-3-6-17;/h4,7-12,14-15,17H,2-3,5-6,13H2,1H3;. The van der Waals surface area contributed by atoms with E-state index >= 15 is 0 Å². The maximum absolute atomic E-state index is 2.43. The molecule has 1 radical (unpaired) electrons. The number of allylic oxidation sites excluding steroid dienone is 1. The van der Waals surface area contributed by atoms with Gasteiger partial charge in [-0.2, -0.15) is 0 Å². The molecule has 0 unspecified atom stereocenters. The average Bonchev–Trinajstić information content (AvgIpc) is 3.17. The van der Waals surface area contributed by atoms with Gasteiger partial charge in [-0.15, -0.1) is 0 Å². The number of fused-ring (bicyclic) bond motifs is 1. The van der Waals surface area contributed by atoms with Crippen LogP contribution >= 0.6 is 0 Å². The van der Waals surface area contributed by atoms with Crippen molar-refractivity contribution in [3.63, 3.8) is 0 Å². The van der Waals surface area contributed by atoms with E-state index in [1.54, 1.807) is 0 Å². The Balaban J connectivity index is 0.00000156. The zero-order valence-electron chi connectivity index (χ0n) is 13.8. The smallest absolute Gasteiger partial charge is 0.0164 e. The topological polar surface area (TPSA) is 0 Å². The summed E-state index contributed by atoms with van der Waals surface area (Å²) in [5, 5.41) is 0. The Kier molecular flexibility index (Phi) is 5.37. The molecule has 2 aromatic carbocycles. The maximum atomic E-state index is 2.43. The molecule has 0 nitrogen and oxygen atoms in total. The Bertz CT molecular complexity index is 703. The Morgan fingerprint density at radius 2 is 1.70 bits per heavy atom. The van der Waals surface area contributed by atoms with Crippen LogP contribution in [0.25, 0.3) is 17.2 Å². The fraction of sp³-hybridized carbons (Fsp3) is 0.318. The van der Waals surface area contributed by atoms with Crippen LogP contribution in [0.5, 0.6) is 0 Å². The summed E-state index contributed by atoms with van der Waals surface area (Å²) in [6.45, 7) is 2.15. The van der Waals surface area contributed by atoms with Crippen LogP contribution < -0.4 is 0 Å². The first-order valence-electron chi connectivity index (χ1n) is 8.55. The number of aryl methyl sites for hydroxylation is 1. The van der Waals surface area contributed by atoms with Crippen LogP contribution in [-0.2, 0) is 26.2 Å². The summed E-state index contributed by atoms with van der Waals surface area (Å²) < 4.78 is 0. The summed E-state index contributed by atoms with van der Waals surface area (Å²) in [7, 11) is 0. The van der Waals surface area contributed by atoms with Gasteiger partial charge in [0.15, 0.2) is 0 Å². The van der Waals surface area contributed by atoms with Crippen molar-refractivity contribution in [1.82, 2.24) is 0 Å². The second kappa shape index (κ2) is 7.31. The third-order valence-electron chi connectivity index (χ3n) is 5.17. The molecule has 2 aliphatic rings. The van der Waals surface area contributed by atoms with E-state index in [9.17, 15) is 0 Å². The van der Waals surface area contributed by atoms with Crippen molar-refractivity contribution in [2.75, 3.05) is 0 Å². The van der Waals surface area contributed by atoms with E-state index in [0.29, 0.717) is 0 Å². The van der Waals surface area contributed by atoms with E-state index in [4.69, 9.17) is 0 Å². The van der Waals surface area contributed by atoms with Crippen molar-refractivity contribution < 1.29 is 26.2 Å². The Morgan fingerprint density at radius 1 is 0.957 bits per heavy atom. The van der Waals surface area contributed by atoms with E-state index in [1.165, 1.54) is 65.5 Å². The summed E-state index contributed by atoms with van der Waals surface area (Å²) in [6.07, 6.45) is 11.8. The molecule has 0 bridgehead atoms. The normalized spacial score (nSPS) is 16.8. The molecule has 0 N–H and O–H groups in total. The molecule has 0 aromatic heterocycles. The van der Waals surface area contributed by atoms with Gasteiger partial charge in [-0.3, -0.25) is 0 Å². The molecule has 0 heterocycles. The number of benzene rings is 2. The molecule has 0 atom stereocenters. The predicted molar refractivity (Wildman–Crippen MR) is 94.6 cm³/mol. The van der Waals surface area contributed by atoms with Crippen molar-refractivity contribution in [2.45, 2.75) is 39.0 Å². The van der Waals surface area contributed by atoms with Gasteiger partial charge in [-0.05, 0) is 41.5 Å². The van der Waals surface area contributed by atoms with Gasteiger partial charge in [0.1, 0.15) is 0 Å². The van der Waals surface area contributed by atoms with Crippen molar-refractivity contribution in [3.05, 3.63) is 71.1 Å². The molecule has 115 valence electrons. The summed E-state index contributed by atoms with van der Waals surface area (Å²) in [6, 6.07) is 15.6. The van der Waals surface area contributed by atoms with E-state index in [1.807, 2.05) is 0 Å². The third kappa shape index (κ3) is 3.61. The molecule has 1 heteroatoms. The maximum Gasteiger partial charge on any atom is 0.0164 e. The first kappa shape index (κ1) is 16.9. The quantitative estimate of drug-likeness (QED) is 0.597. The second-order valence-electron chi connectivity index (χ2n) is 6.89. The zero-order valence-corrected chi connectivity index (χ0v) is 16.3. The van der Waals surface area contributed by atoms with Gasteiger partial charge >= 0.3 is 0 Å². The molecule has 4 rings (SSSR count). The largest absolute Gasteiger partial charge is 0.0613 e. The van der Waals surface area contributed by atoms with E-state index in [0.717, 1.165) is 5.92 Å². The van der Waals surface area contributed by atoms with Crippen LogP contribution in [0.4, 0.5) is 0 Å². The van der Waals surface area contributed by atoms with Crippen molar-refractivity contribution in [2.24, 2.45) is 5.92 Å². The summed E-state index contributed by atoms with van der Waals surface area (Å²) in [5.74, 6) is 0.916. The van der Waals surface area contributed by atoms with Crippen LogP contribution in [0, 0.1) is 19.3 Å². The Morgan fingerprint density at radius 3 is 2.43 bits per heavy atom. The minimum Gasteiger partial charge on any atom is -0.0613 e. The van der Waals surface area contributed by atoms with Crippen LogP contribution in [0.1, 0.15) is 48.8 Å². The van der Waals surface area contributed by atoms with Crippen molar-refractivity contribution in [3.8, 4) is 11.1 Å². The molecule has 1 fully saturated rings. The first-order chi connectivity index (χ1) is 10.8. The molecule has 0 saturated heterocycles. The van der Waals surface area contributed by atoms with Crippen molar-refractivity contribution in [1.29, 1.82) is 0 Å². The molecule has 23 heavy (non-hydrogen) atoms. The molecule has 2 aliphatic carbocycles. The number of hydrogen-bond donors (Lipinski definition) is 0. The van der Waals surface area contributed by atoms with Gasteiger partial charge in [0.05, 0.1) is 0 Å². The fourth-order valence-corrected chi connectivity index (χ4v) is 3.95. The van der Waals surface area contributed by atoms with Crippen molar-refractivity contribution >= 4 is 6.08 Å². The first-order valence-corrected chi connectivity index (χ1v) is 8.55. The molecule has 2 aromatic rings. The van der Waals surface area contributed by atoms with Gasteiger partial charge in [0.25, 0.3) is 0 Å². The number of hydrogen-bond acceptors (Lipinski definition) is 0. The van der Waals surface area contributed by atoms with Gasteiger partial charge in [0.2, 0.25) is 0 Å². The minimum absolute atomic E-state index is 0. The number of rotatable bonds is 3. The zero-order chi connectivity index (χ0) is 14.9. The second-order valence-corrected chi connectivity index (χ2v) is 6.89.